The maximum absolute atomic E-state index is 11.8. The highest BCUT2D eigenvalue weighted by Gasteiger charge is 2.26. The molecule has 1 aliphatic heterocycles. The summed E-state index contributed by atoms with van der Waals surface area (Å²) in [7, 11) is 0. The van der Waals surface area contributed by atoms with Crippen LogP contribution in [-0.4, -0.2) is 60.8 Å². The molecule has 6 heteroatoms. The van der Waals surface area contributed by atoms with Gasteiger partial charge in [-0.3, -0.25) is 14.5 Å². The summed E-state index contributed by atoms with van der Waals surface area (Å²) >= 11 is 0. The minimum atomic E-state index is -0.915. The number of hydrogen-bond acceptors (Lipinski definition) is 4. The Labute approximate surface area is 107 Å². The molecule has 1 atom stereocenters. The number of carboxylic acids is 1. The van der Waals surface area contributed by atoms with Crippen LogP contribution in [0.3, 0.4) is 0 Å². The highest BCUT2D eigenvalue weighted by molar-refractivity contribution is 5.81. The quantitative estimate of drug-likeness (QED) is 0.697. The molecule has 0 bridgehead atoms. The lowest BCUT2D eigenvalue weighted by Gasteiger charge is -2.33. The van der Waals surface area contributed by atoms with E-state index in [1.54, 1.807) is 0 Å². The number of hydrogen-bond donors (Lipinski definition) is 2. The summed E-state index contributed by atoms with van der Waals surface area (Å²) in [4.78, 5) is 24.3. The number of rotatable bonds is 6. The van der Waals surface area contributed by atoms with E-state index < -0.39 is 12.1 Å². The molecular weight excluding hydrogens is 236 g/mol. The standard InChI is InChI=1S/C12H22N2O4/c1-9(2)7-14-5-6-18-10(8-14)12(17)13-4-3-11(15)16/h9-10H,3-8H2,1-2H3,(H,13,17)(H,15,16). The van der Waals surface area contributed by atoms with Crippen molar-refractivity contribution in [3.63, 3.8) is 0 Å². The van der Waals surface area contributed by atoms with Crippen LogP contribution in [0.25, 0.3) is 0 Å². The van der Waals surface area contributed by atoms with Gasteiger partial charge in [-0.05, 0) is 5.92 Å². The van der Waals surface area contributed by atoms with Crippen LogP contribution in [0.4, 0.5) is 0 Å². The SMILES string of the molecule is CC(C)CN1CCOC(C(=O)NCCC(=O)O)C1. The summed E-state index contributed by atoms with van der Waals surface area (Å²) in [6, 6.07) is 0. The largest absolute Gasteiger partial charge is 0.481 e. The minimum absolute atomic E-state index is 0.0613. The van der Waals surface area contributed by atoms with E-state index in [9.17, 15) is 9.59 Å². The molecule has 0 aromatic rings. The second-order valence-corrected chi connectivity index (χ2v) is 4.95. The summed E-state index contributed by atoms with van der Waals surface area (Å²) in [5, 5.41) is 11.1. The number of carboxylic acid groups (broad SMARTS) is 1. The zero-order chi connectivity index (χ0) is 13.5. The Kier molecular flexibility index (Phi) is 6.07. The van der Waals surface area contributed by atoms with Crippen molar-refractivity contribution in [2.45, 2.75) is 26.4 Å². The third-order valence-electron chi connectivity index (χ3n) is 2.70. The topological polar surface area (TPSA) is 78.9 Å². The molecule has 18 heavy (non-hydrogen) atoms. The molecule has 6 nitrogen and oxygen atoms in total. The van der Waals surface area contributed by atoms with Gasteiger partial charge in [0.1, 0.15) is 6.10 Å². The fraction of sp³-hybridized carbons (Fsp3) is 0.833. The average molecular weight is 258 g/mol. The van der Waals surface area contributed by atoms with Gasteiger partial charge in [0, 0.05) is 26.2 Å². The second-order valence-electron chi connectivity index (χ2n) is 4.95. The minimum Gasteiger partial charge on any atom is -0.481 e. The third kappa shape index (κ3) is 5.46. The lowest BCUT2D eigenvalue weighted by molar-refractivity contribution is -0.139. The van der Waals surface area contributed by atoms with Crippen molar-refractivity contribution >= 4 is 11.9 Å². The number of carbonyl (C=O) groups excluding carboxylic acids is 1. The summed E-state index contributed by atoms with van der Waals surface area (Å²) < 4.78 is 5.41. The number of ether oxygens (including phenoxy) is 1. The van der Waals surface area contributed by atoms with Crippen LogP contribution in [0, 0.1) is 5.92 Å². The summed E-state index contributed by atoms with van der Waals surface area (Å²) in [6.07, 6.45) is -0.542. The third-order valence-corrected chi connectivity index (χ3v) is 2.70. The van der Waals surface area contributed by atoms with E-state index >= 15 is 0 Å². The van der Waals surface area contributed by atoms with Gasteiger partial charge in [0.15, 0.2) is 0 Å². The van der Waals surface area contributed by atoms with Gasteiger partial charge < -0.3 is 15.2 Å². The van der Waals surface area contributed by atoms with Crippen LogP contribution in [0.1, 0.15) is 20.3 Å². The number of morpholine rings is 1. The molecule has 0 radical (unpaired) electrons. The van der Waals surface area contributed by atoms with Crippen LogP contribution in [0.5, 0.6) is 0 Å². The van der Waals surface area contributed by atoms with Crippen molar-refractivity contribution in [2.24, 2.45) is 5.92 Å². The molecule has 0 aliphatic carbocycles. The van der Waals surface area contributed by atoms with E-state index in [-0.39, 0.29) is 18.9 Å². The molecule has 1 aliphatic rings. The molecule has 1 heterocycles. The Morgan fingerprint density at radius 1 is 1.50 bits per heavy atom. The zero-order valence-electron chi connectivity index (χ0n) is 11.0. The summed E-state index contributed by atoms with van der Waals surface area (Å²) in [6.45, 7) is 7.34. The maximum atomic E-state index is 11.8. The van der Waals surface area contributed by atoms with Gasteiger partial charge in [-0.15, -0.1) is 0 Å². The van der Waals surface area contributed by atoms with E-state index in [1.807, 2.05) is 0 Å². The number of amides is 1. The van der Waals surface area contributed by atoms with Gasteiger partial charge in [0.05, 0.1) is 13.0 Å². The first-order chi connectivity index (χ1) is 8.49. The normalized spacial score (nSPS) is 20.9. The molecular formula is C12H22N2O4. The molecule has 0 aromatic heterocycles. The predicted octanol–water partition coefficient (Wildman–Crippen LogP) is -0.0659. The Morgan fingerprint density at radius 3 is 2.83 bits per heavy atom. The van der Waals surface area contributed by atoms with E-state index in [1.165, 1.54) is 0 Å². The van der Waals surface area contributed by atoms with E-state index in [0.717, 1.165) is 13.1 Å². The van der Waals surface area contributed by atoms with Gasteiger partial charge in [0.25, 0.3) is 0 Å². The number of carbonyl (C=O) groups is 2. The molecule has 104 valence electrons. The Hall–Kier alpha value is -1.14. The van der Waals surface area contributed by atoms with Crippen molar-refractivity contribution in [2.75, 3.05) is 32.8 Å². The fourth-order valence-corrected chi connectivity index (χ4v) is 1.95. The van der Waals surface area contributed by atoms with Crippen LogP contribution in [0.2, 0.25) is 0 Å². The van der Waals surface area contributed by atoms with Crippen LogP contribution in [-0.2, 0) is 14.3 Å². The van der Waals surface area contributed by atoms with Crippen LogP contribution in [0.15, 0.2) is 0 Å². The predicted molar refractivity (Wildman–Crippen MR) is 66.3 cm³/mol. The molecule has 0 saturated carbocycles. The molecule has 1 amide bonds. The average Bonchev–Trinajstić information content (AvgIpc) is 2.27. The first-order valence-corrected chi connectivity index (χ1v) is 6.32. The molecule has 1 fully saturated rings. The summed E-state index contributed by atoms with van der Waals surface area (Å²) in [5.74, 6) is -0.579. The highest BCUT2D eigenvalue weighted by atomic mass is 16.5. The second kappa shape index (κ2) is 7.33. The number of nitrogens with one attached hydrogen (secondary N) is 1. The van der Waals surface area contributed by atoms with Crippen LogP contribution < -0.4 is 5.32 Å². The van der Waals surface area contributed by atoms with E-state index in [2.05, 4.69) is 24.1 Å². The van der Waals surface area contributed by atoms with Gasteiger partial charge in [-0.25, -0.2) is 0 Å². The molecule has 2 N–H and O–H groups in total. The van der Waals surface area contributed by atoms with Crippen molar-refractivity contribution < 1.29 is 19.4 Å². The molecule has 0 spiro atoms. The highest BCUT2D eigenvalue weighted by Crippen LogP contribution is 2.08. The van der Waals surface area contributed by atoms with Crippen molar-refractivity contribution in [1.82, 2.24) is 10.2 Å². The monoisotopic (exact) mass is 258 g/mol. The lowest BCUT2D eigenvalue weighted by Crippen LogP contribution is -2.50. The lowest BCUT2D eigenvalue weighted by atomic mass is 10.1. The number of aliphatic carboxylic acids is 1. The van der Waals surface area contributed by atoms with Crippen molar-refractivity contribution in [3.8, 4) is 0 Å². The van der Waals surface area contributed by atoms with Gasteiger partial charge in [-0.2, -0.15) is 0 Å². The van der Waals surface area contributed by atoms with Gasteiger partial charge >= 0.3 is 5.97 Å². The Balaban J connectivity index is 2.31. The smallest absolute Gasteiger partial charge is 0.305 e. The van der Waals surface area contributed by atoms with Crippen molar-refractivity contribution in [3.05, 3.63) is 0 Å². The van der Waals surface area contributed by atoms with E-state index in [4.69, 9.17) is 9.84 Å². The molecule has 1 unspecified atom stereocenters. The maximum Gasteiger partial charge on any atom is 0.305 e. The Bertz CT molecular complexity index is 294. The Morgan fingerprint density at radius 2 is 2.22 bits per heavy atom. The first-order valence-electron chi connectivity index (χ1n) is 6.32. The number of nitrogens with zero attached hydrogens (tertiary/aromatic N) is 1. The van der Waals surface area contributed by atoms with Gasteiger partial charge in [0.2, 0.25) is 5.91 Å². The summed E-state index contributed by atoms with van der Waals surface area (Å²) in [5.41, 5.74) is 0. The molecule has 1 rings (SSSR count). The zero-order valence-corrected chi connectivity index (χ0v) is 11.0. The van der Waals surface area contributed by atoms with E-state index in [0.29, 0.717) is 19.1 Å². The fourth-order valence-electron chi connectivity index (χ4n) is 1.95. The van der Waals surface area contributed by atoms with Gasteiger partial charge in [-0.1, -0.05) is 13.8 Å². The first kappa shape index (κ1) is 14.9. The van der Waals surface area contributed by atoms with Crippen LogP contribution >= 0.6 is 0 Å². The molecule has 1 saturated heterocycles. The van der Waals surface area contributed by atoms with Crippen molar-refractivity contribution in [1.29, 1.82) is 0 Å². The molecule has 0 aromatic carbocycles.